The van der Waals surface area contributed by atoms with E-state index in [1.807, 2.05) is 12.1 Å². The zero-order valence-corrected chi connectivity index (χ0v) is 18.4. The number of nitrogens with one attached hydrogen (secondary N) is 1. The lowest BCUT2D eigenvalue weighted by Gasteiger charge is -2.37. The standard InChI is InChI=1S/C27H29N3O2/c1-31-23-15-16-24-25(18-23)32-29-27(24)30-17-9-8-14-22(30)19-28-26(20-10-4-2-5-11-20)21-12-6-3-7-13-21/h2-7,10-13,15-16,18,22,26,28H,8-9,14,17,19H2,1H3. The van der Waals surface area contributed by atoms with E-state index in [0.717, 1.165) is 42.0 Å². The predicted octanol–water partition coefficient (Wildman–Crippen LogP) is 5.57. The number of aromatic nitrogens is 1. The molecule has 5 nitrogen and oxygen atoms in total. The Bertz CT molecular complexity index is 1100. The molecule has 0 bridgehead atoms. The highest BCUT2D eigenvalue weighted by atomic mass is 16.5. The molecule has 5 heteroatoms. The number of hydrogen-bond acceptors (Lipinski definition) is 5. The van der Waals surface area contributed by atoms with Gasteiger partial charge < -0.3 is 19.5 Å². The number of methoxy groups -OCH3 is 1. The van der Waals surface area contributed by atoms with Crippen molar-refractivity contribution in [3.05, 3.63) is 90.0 Å². The van der Waals surface area contributed by atoms with Crippen molar-refractivity contribution in [3.63, 3.8) is 0 Å². The van der Waals surface area contributed by atoms with Crippen LogP contribution in [0.1, 0.15) is 36.4 Å². The van der Waals surface area contributed by atoms with Crippen LogP contribution in [-0.4, -0.2) is 31.4 Å². The minimum absolute atomic E-state index is 0.152. The van der Waals surface area contributed by atoms with Crippen LogP contribution in [0.25, 0.3) is 11.0 Å². The number of piperidine rings is 1. The van der Waals surface area contributed by atoms with Crippen LogP contribution in [0.3, 0.4) is 0 Å². The topological polar surface area (TPSA) is 50.5 Å². The Morgan fingerprint density at radius 1 is 1.00 bits per heavy atom. The summed E-state index contributed by atoms with van der Waals surface area (Å²) in [4.78, 5) is 2.42. The SMILES string of the molecule is COc1ccc2c(N3CCCCC3CNC(c3ccccc3)c3ccccc3)noc2c1. The van der Waals surface area contributed by atoms with Crippen molar-refractivity contribution in [1.82, 2.24) is 10.5 Å². The first kappa shape index (κ1) is 20.6. The zero-order chi connectivity index (χ0) is 21.8. The summed E-state index contributed by atoms with van der Waals surface area (Å²) in [6.45, 7) is 1.86. The van der Waals surface area contributed by atoms with Crippen LogP contribution in [-0.2, 0) is 0 Å². The Hall–Kier alpha value is -3.31. The van der Waals surface area contributed by atoms with Crippen LogP contribution in [0, 0.1) is 0 Å². The van der Waals surface area contributed by atoms with Gasteiger partial charge >= 0.3 is 0 Å². The largest absolute Gasteiger partial charge is 0.497 e. The van der Waals surface area contributed by atoms with Crippen LogP contribution in [0.2, 0.25) is 0 Å². The van der Waals surface area contributed by atoms with E-state index in [9.17, 15) is 0 Å². The van der Waals surface area contributed by atoms with Crippen molar-refractivity contribution >= 4 is 16.8 Å². The average molecular weight is 428 g/mol. The van der Waals surface area contributed by atoms with Crippen LogP contribution in [0.4, 0.5) is 5.82 Å². The van der Waals surface area contributed by atoms with E-state index in [4.69, 9.17) is 9.26 Å². The van der Waals surface area contributed by atoms with Gasteiger partial charge in [0.15, 0.2) is 11.4 Å². The fourth-order valence-electron chi connectivity index (χ4n) is 4.70. The molecule has 2 heterocycles. The van der Waals surface area contributed by atoms with E-state index in [1.165, 1.54) is 24.0 Å². The number of anilines is 1. The summed E-state index contributed by atoms with van der Waals surface area (Å²) in [5, 5.41) is 9.36. The zero-order valence-electron chi connectivity index (χ0n) is 18.4. The summed E-state index contributed by atoms with van der Waals surface area (Å²) >= 11 is 0. The number of fused-ring (bicyclic) bond motifs is 1. The van der Waals surface area contributed by atoms with E-state index < -0.39 is 0 Å². The van der Waals surface area contributed by atoms with E-state index in [1.54, 1.807) is 7.11 Å². The number of benzene rings is 3. The molecule has 1 unspecified atom stereocenters. The van der Waals surface area contributed by atoms with E-state index in [2.05, 4.69) is 82.1 Å². The molecule has 164 valence electrons. The Balaban J connectivity index is 1.39. The predicted molar refractivity (Wildman–Crippen MR) is 128 cm³/mol. The van der Waals surface area contributed by atoms with Gasteiger partial charge in [0.2, 0.25) is 0 Å². The van der Waals surface area contributed by atoms with Crippen molar-refractivity contribution < 1.29 is 9.26 Å². The Labute approximate surface area is 189 Å². The second kappa shape index (κ2) is 9.45. The van der Waals surface area contributed by atoms with Gasteiger partial charge in [-0.3, -0.25) is 0 Å². The molecule has 1 atom stereocenters. The van der Waals surface area contributed by atoms with Crippen LogP contribution in [0.5, 0.6) is 5.75 Å². The molecule has 1 saturated heterocycles. The molecule has 4 aromatic rings. The first-order valence-corrected chi connectivity index (χ1v) is 11.4. The normalized spacial score (nSPS) is 16.6. The highest BCUT2D eigenvalue weighted by molar-refractivity contribution is 5.89. The first-order valence-electron chi connectivity index (χ1n) is 11.4. The minimum atomic E-state index is 0.152. The molecule has 5 rings (SSSR count). The van der Waals surface area contributed by atoms with Gasteiger partial charge in [-0.25, -0.2) is 0 Å². The van der Waals surface area contributed by atoms with Crippen LogP contribution >= 0.6 is 0 Å². The van der Waals surface area contributed by atoms with E-state index in [-0.39, 0.29) is 6.04 Å². The van der Waals surface area contributed by atoms with Gasteiger partial charge in [-0.15, -0.1) is 0 Å². The summed E-state index contributed by atoms with van der Waals surface area (Å²) < 4.78 is 11.0. The summed E-state index contributed by atoms with van der Waals surface area (Å²) in [5.41, 5.74) is 3.32. The summed E-state index contributed by atoms with van der Waals surface area (Å²) in [6.07, 6.45) is 3.53. The molecule has 0 radical (unpaired) electrons. The lowest BCUT2D eigenvalue weighted by molar-refractivity contribution is 0.402. The lowest BCUT2D eigenvalue weighted by Crippen LogP contribution is -2.46. The lowest BCUT2D eigenvalue weighted by atomic mass is 9.97. The van der Waals surface area contributed by atoms with Crippen molar-refractivity contribution in [3.8, 4) is 5.75 Å². The van der Waals surface area contributed by atoms with Crippen molar-refractivity contribution in [2.75, 3.05) is 25.1 Å². The fourth-order valence-corrected chi connectivity index (χ4v) is 4.70. The number of nitrogens with zero attached hydrogens (tertiary/aromatic N) is 2. The molecule has 32 heavy (non-hydrogen) atoms. The van der Waals surface area contributed by atoms with Gasteiger partial charge in [-0.05, 0) is 42.5 Å². The van der Waals surface area contributed by atoms with Crippen LogP contribution < -0.4 is 15.0 Å². The molecule has 0 amide bonds. The smallest absolute Gasteiger partial charge is 0.180 e. The second-order valence-corrected chi connectivity index (χ2v) is 8.37. The van der Waals surface area contributed by atoms with Crippen molar-refractivity contribution in [1.29, 1.82) is 0 Å². The van der Waals surface area contributed by atoms with Crippen LogP contribution in [0.15, 0.2) is 83.4 Å². The molecule has 0 aliphatic carbocycles. The van der Waals surface area contributed by atoms with Gasteiger partial charge in [-0.1, -0.05) is 65.8 Å². The molecule has 1 aromatic heterocycles. The maximum Gasteiger partial charge on any atom is 0.180 e. The number of ether oxygens (including phenoxy) is 1. The molecule has 0 saturated carbocycles. The van der Waals surface area contributed by atoms with Crippen molar-refractivity contribution in [2.24, 2.45) is 0 Å². The van der Waals surface area contributed by atoms with E-state index >= 15 is 0 Å². The average Bonchev–Trinajstić information content (AvgIpc) is 3.29. The fraction of sp³-hybridized carbons (Fsp3) is 0.296. The molecule has 1 fully saturated rings. The molecular weight excluding hydrogens is 398 g/mol. The second-order valence-electron chi connectivity index (χ2n) is 8.37. The van der Waals surface area contributed by atoms with Gasteiger partial charge in [0, 0.05) is 25.2 Å². The maximum absolute atomic E-state index is 5.67. The Morgan fingerprint density at radius 3 is 2.41 bits per heavy atom. The number of hydrogen-bond donors (Lipinski definition) is 1. The summed E-state index contributed by atoms with van der Waals surface area (Å²) in [5.74, 6) is 1.72. The molecule has 3 aromatic carbocycles. The Morgan fingerprint density at radius 2 is 1.72 bits per heavy atom. The molecule has 1 aliphatic heterocycles. The highest BCUT2D eigenvalue weighted by Crippen LogP contribution is 2.33. The molecule has 0 spiro atoms. The van der Waals surface area contributed by atoms with Gasteiger partial charge in [-0.2, -0.15) is 0 Å². The minimum Gasteiger partial charge on any atom is -0.497 e. The maximum atomic E-state index is 5.67. The third kappa shape index (κ3) is 4.21. The van der Waals surface area contributed by atoms with Gasteiger partial charge in [0.25, 0.3) is 0 Å². The molecule has 1 aliphatic rings. The molecular formula is C27H29N3O2. The highest BCUT2D eigenvalue weighted by Gasteiger charge is 2.28. The third-order valence-corrected chi connectivity index (χ3v) is 6.38. The van der Waals surface area contributed by atoms with Gasteiger partial charge in [0.05, 0.1) is 18.5 Å². The molecule has 1 N–H and O–H groups in total. The first-order chi connectivity index (χ1) is 15.8. The summed E-state index contributed by atoms with van der Waals surface area (Å²) in [7, 11) is 1.67. The van der Waals surface area contributed by atoms with Gasteiger partial charge in [0.1, 0.15) is 5.75 Å². The number of rotatable bonds is 7. The third-order valence-electron chi connectivity index (χ3n) is 6.38. The Kier molecular flexibility index (Phi) is 6.08. The summed E-state index contributed by atoms with van der Waals surface area (Å²) in [6, 6.07) is 27.8. The quantitative estimate of drug-likeness (QED) is 0.418. The van der Waals surface area contributed by atoms with E-state index in [0.29, 0.717) is 6.04 Å². The monoisotopic (exact) mass is 427 g/mol. The van der Waals surface area contributed by atoms with Crippen molar-refractivity contribution in [2.45, 2.75) is 31.3 Å².